The van der Waals surface area contributed by atoms with E-state index in [9.17, 15) is 4.39 Å². The van der Waals surface area contributed by atoms with Gasteiger partial charge >= 0.3 is 0 Å². The lowest BCUT2D eigenvalue weighted by Gasteiger charge is -2.11. The molecule has 20 heavy (non-hydrogen) atoms. The van der Waals surface area contributed by atoms with E-state index in [-0.39, 0.29) is 5.82 Å². The zero-order chi connectivity index (χ0) is 14.5. The third-order valence-electron chi connectivity index (χ3n) is 3.09. The molecular formula is C15H20FN3O. The van der Waals surface area contributed by atoms with Crippen molar-refractivity contribution in [2.24, 2.45) is 0 Å². The summed E-state index contributed by atoms with van der Waals surface area (Å²) in [6.07, 6.45) is 2.88. The average Bonchev–Trinajstić information content (AvgIpc) is 2.74. The van der Waals surface area contributed by atoms with Gasteiger partial charge in [-0.25, -0.2) is 9.37 Å². The molecular weight excluding hydrogens is 257 g/mol. The number of ether oxygens (including phenoxy) is 1. The number of anilines is 2. The number of halogens is 1. The van der Waals surface area contributed by atoms with Crippen molar-refractivity contribution in [3.05, 3.63) is 41.5 Å². The van der Waals surface area contributed by atoms with Gasteiger partial charge in [0.15, 0.2) is 0 Å². The highest BCUT2D eigenvalue weighted by molar-refractivity contribution is 5.58. The van der Waals surface area contributed by atoms with Crippen LogP contribution in [0.4, 0.5) is 16.0 Å². The van der Waals surface area contributed by atoms with E-state index >= 15 is 0 Å². The molecule has 1 N–H and O–H groups in total. The van der Waals surface area contributed by atoms with Crippen LogP contribution in [0.5, 0.6) is 0 Å². The molecule has 2 rings (SSSR count). The van der Waals surface area contributed by atoms with Gasteiger partial charge in [0, 0.05) is 32.1 Å². The lowest BCUT2D eigenvalue weighted by atomic mass is 10.2. The van der Waals surface area contributed by atoms with Crippen molar-refractivity contribution >= 4 is 11.6 Å². The van der Waals surface area contributed by atoms with E-state index in [4.69, 9.17) is 4.74 Å². The first-order valence-electron chi connectivity index (χ1n) is 6.66. The quantitative estimate of drug-likeness (QED) is 0.822. The number of imidazole rings is 1. The molecule has 0 saturated carbocycles. The third-order valence-corrected chi connectivity index (χ3v) is 3.09. The van der Waals surface area contributed by atoms with Gasteiger partial charge in [0.05, 0.1) is 5.69 Å². The molecule has 2 aromatic rings. The van der Waals surface area contributed by atoms with Crippen LogP contribution in [0, 0.1) is 19.7 Å². The Bertz CT molecular complexity index is 580. The third kappa shape index (κ3) is 3.57. The molecule has 0 atom stereocenters. The second-order valence-corrected chi connectivity index (χ2v) is 4.83. The van der Waals surface area contributed by atoms with Crippen molar-refractivity contribution < 1.29 is 9.13 Å². The fourth-order valence-electron chi connectivity index (χ4n) is 2.05. The van der Waals surface area contributed by atoms with Crippen LogP contribution in [-0.2, 0) is 11.3 Å². The van der Waals surface area contributed by atoms with Crippen molar-refractivity contribution in [1.29, 1.82) is 0 Å². The zero-order valence-corrected chi connectivity index (χ0v) is 12.1. The summed E-state index contributed by atoms with van der Waals surface area (Å²) in [5.74, 6) is 0.472. The SMILES string of the molecule is COCCCn1cc(C)nc1Nc1cc(F)ccc1C. The molecule has 0 bridgehead atoms. The topological polar surface area (TPSA) is 39.1 Å². The number of aromatic nitrogens is 2. The van der Waals surface area contributed by atoms with Gasteiger partial charge in [0.25, 0.3) is 0 Å². The number of methoxy groups -OCH3 is 1. The summed E-state index contributed by atoms with van der Waals surface area (Å²) >= 11 is 0. The highest BCUT2D eigenvalue weighted by Gasteiger charge is 2.08. The van der Waals surface area contributed by atoms with E-state index in [2.05, 4.69) is 10.3 Å². The molecule has 5 heteroatoms. The van der Waals surface area contributed by atoms with Crippen LogP contribution in [-0.4, -0.2) is 23.3 Å². The van der Waals surface area contributed by atoms with Gasteiger partial charge in [-0.1, -0.05) is 6.07 Å². The van der Waals surface area contributed by atoms with Crippen molar-refractivity contribution in [2.75, 3.05) is 19.0 Å². The summed E-state index contributed by atoms with van der Waals surface area (Å²) in [6.45, 7) is 5.39. The Morgan fingerprint density at radius 2 is 2.15 bits per heavy atom. The molecule has 0 aliphatic carbocycles. The Hall–Kier alpha value is -1.88. The fraction of sp³-hybridized carbons (Fsp3) is 0.400. The van der Waals surface area contributed by atoms with Crippen molar-refractivity contribution in [3.63, 3.8) is 0 Å². The zero-order valence-electron chi connectivity index (χ0n) is 12.1. The maximum atomic E-state index is 13.3. The monoisotopic (exact) mass is 277 g/mol. The van der Waals surface area contributed by atoms with Crippen LogP contribution >= 0.6 is 0 Å². The number of benzene rings is 1. The van der Waals surface area contributed by atoms with E-state index in [1.54, 1.807) is 13.2 Å². The van der Waals surface area contributed by atoms with Crippen molar-refractivity contribution in [3.8, 4) is 0 Å². The van der Waals surface area contributed by atoms with Gasteiger partial charge in [-0.3, -0.25) is 0 Å². The Morgan fingerprint density at radius 1 is 1.35 bits per heavy atom. The predicted molar refractivity (Wildman–Crippen MR) is 77.9 cm³/mol. The Labute approximate surface area is 118 Å². The number of hydrogen-bond donors (Lipinski definition) is 1. The molecule has 0 fully saturated rings. The van der Waals surface area contributed by atoms with Crippen LogP contribution in [0.1, 0.15) is 17.7 Å². The van der Waals surface area contributed by atoms with Gasteiger partial charge in [-0.2, -0.15) is 0 Å². The van der Waals surface area contributed by atoms with Gasteiger partial charge < -0.3 is 14.6 Å². The number of aryl methyl sites for hydroxylation is 3. The molecule has 108 valence electrons. The van der Waals surface area contributed by atoms with Crippen LogP contribution in [0.25, 0.3) is 0 Å². The minimum Gasteiger partial charge on any atom is -0.385 e. The van der Waals surface area contributed by atoms with E-state index in [0.29, 0.717) is 6.61 Å². The lowest BCUT2D eigenvalue weighted by Crippen LogP contribution is -2.06. The molecule has 4 nitrogen and oxygen atoms in total. The molecule has 0 amide bonds. The second-order valence-electron chi connectivity index (χ2n) is 4.83. The number of hydrogen-bond acceptors (Lipinski definition) is 3. The summed E-state index contributed by atoms with van der Waals surface area (Å²) in [6, 6.07) is 4.69. The molecule has 0 saturated heterocycles. The summed E-state index contributed by atoms with van der Waals surface area (Å²) < 4.78 is 20.4. The number of nitrogens with zero attached hydrogens (tertiary/aromatic N) is 2. The molecule has 1 heterocycles. The number of rotatable bonds is 6. The maximum absolute atomic E-state index is 13.3. The molecule has 0 spiro atoms. The molecule has 0 aliphatic heterocycles. The van der Waals surface area contributed by atoms with Gasteiger partial charge in [-0.05, 0) is 38.0 Å². The molecule has 0 aliphatic rings. The van der Waals surface area contributed by atoms with E-state index in [0.717, 1.165) is 35.9 Å². The average molecular weight is 277 g/mol. The summed E-state index contributed by atoms with van der Waals surface area (Å²) in [5, 5.41) is 3.20. The summed E-state index contributed by atoms with van der Waals surface area (Å²) in [7, 11) is 1.69. The first-order chi connectivity index (χ1) is 9.60. The van der Waals surface area contributed by atoms with Crippen LogP contribution in [0.3, 0.4) is 0 Å². The number of nitrogens with one attached hydrogen (secondary N) is 1. The molecule has 1 aromatic carbocycles. The van der Waals surface area contributed by atoms with E-state index in [1.807, 2.05) is 24.6 Å². The first-order valence-corrected chi connectivity index (χ1v) is 6.66. The van der Waals surface area contributed by atoms with Gasteiger partial charge in [0.2, 0.25) is 5.95 Å². The van der Waals surface area contributed by atoms with Crippen LogP contribution in [0.2, 0.25) is 0 Å². The summed E-state index contributed by atoms with van der Waals surface area (Å²) in [4.78, 5) is 4.44. The Kier molecular flexibility index (Phi) is 4.74. The first kappa shape index (κ1) is 14.5. The molecule has 1 aromatic heterocycles. The van der Waals surface area contributed by atoms with E-state index in [1.165, 1.54) is 12.1 Å². The van der Waals surface area contributed by atoms with Crippen LogP contribution in [0.15, 0.2) is 24.4 Å². The maximum Gasteiger partial charge on any atom is 0.207 e. The van der Waals surface area contributed by atoms with Crippen LogP contribution < -0.4 is 5.32 Å². The predicted octanol–water partition coefficient (Wildman–Crippen LogP) is 3.42. The standard InChI is InChI=1S/C15H20FN3O/c1-11-5-6-13(16)9-14(11)18-15-17-12(2)10-19(15)7-4-8-20-3/h5-6,9-10H,4,7-8H2,1-3H3,(H,17,18). The molecule has 0 radical (unpaired) electrons. The normalized spacial score (nSPS) is 10.8. The van der Waals surface area contributed by atoms with Crippen molar-refractivity contribution in [1.82, 2.24) is 9.55 Å². The largest absolute Gasteiger partial charge is 0.385 e. The lowest BCUT2D eigenvalue weighted by molar-refractivity contribution is 0.190. The Morgan fingerprint density at radius 3 is 2.90 bits per heavy atom. The Balaban J connectivity index is 2.17. The minimum absolute atomic E-state index is 0.257. The summed E-state index contributed by atoms with van der Waals surface area (Å²) in [5.41, 5.74) is 2.65. The highest BCUT2D eigenvalue weighted by Crippen LogP contribution is 2.21. The fourth-order valence-corrected chi connectivity index (χ4v) is 2.05. The van der Waals surface area contributed by atoms with Gasteiger partial charge in [-0.15, -0.1) is 0 Å². The minimum atomic E-state index is -0.257. The second kappa shape index (κ2) is 6.52. The van der Waals surface area contributed by atoms with Gasteiger partial charge in [0.1, 0.15) is 5.82 Å². The van der Waals surface area contributed by atoms with E-state index < -0.39 is 0 Å². The van der Waals surface area contributed by atoms with Crippen molar-refractivity contribution in [2.45, 2.75) is 26.8 Å². The smallest absolute Gasteiger partial charge is 0.207 e. The highest BCUT2D eigenvalue weighted by atomic mass is 19.1. The molecule has 0 unspecified atom stereocenters.